The lowest BCUT2D eigenvalue weighted by Gasteiger charge is -2.30. The van der Waals surface area contributed by atoms with Gasteiger partial charge in [-0.15, -0.1) is 0 Å². The summed E-state index contributed by atoms with van der Waals surface area (Å²) in [5, 5.41) is 14.5. The molecule has 0 unspecified atom stereocenters. The lowest BCUT2D eigenvalue weighted by atomic mass is 9.92. The summed E-state index contributed by atoms with van der Waals surface area (Å²) in [6.07, 6.45) is 0.607. The van der Waals surface area contributed by atoms with Crippen LogP contribution >= 0.6 is 0 Å². The van der Waals surface area contributed by atoms with E-state index in [4.69, 9.17) is 0 Å². The average molecular weight is 461 g/mol. The molecule has 5 nitrogen and oxygen atoms in total. The zero-order valence-corrected chi connectivity index (χ0v) is 21.0. The lowest BCUT2D eigenvalue weighted by Crippen LogP contribution is -2.43. The molecule has 0 aromatic heterocycles. The molecule has 0 spiro atoms. The van der Waals surface area contributed by atoms with Crippen LogP contribution in [0.5, 0.6) is 0 Å². The summed E-state index contributed by atoms with van der Waals surface area (Å²) in [6, 6.07) is 18.7. The third-order valence-corrected chi connectivity index (χ3v) is 7.10. The Labute approximate surface area is 194 Å². The van der Waals surface area contributed by atoms with Gasteiger partial charge in [0.05, 0.1) is 11.0 Å². The molecule has 2 rings (SSSR count). The maximum atomic E-state index is 13.2. The van der Waals surface area contributed by atoms with Gasteiger partial charge < -0.3 is 10.4 Å². The van der Waals surface area contributed by atoms with E-state index in [2.05, 4.69) is 38.2 Å². The van der Waals surface area contributed by atoms with Crippen molar-refractivity contribution in [1.29, 1.82) is 0 Å². The molecule has 2 aromatic carbocycles. The Hall–Kier alpha value is -1.73. The van der Waals surface area contributed by atoms with Gasteiger partial charge in [0, 0.05) is 18.6 Å². The first-order valence-electron chi connectivity index (χ1n) is 11.5. The summed E-state index contributed by atoms with van der Waals surface area (Å²) < 4.78 is 27.9. The predicted molar refractivity (Wildman–Crippen MR) is 132 cm³/mol. The van der Waals surface area contributed by atoms with Gasteiger partial charge in [-0.05, 0) is 69.7 Å². The van der Waals surface area contributed by atoms with Gasteiger partial charge in [0.25, 0.3) is 0 Å². The second-order valence-electron chi connectivity index (χ2n) is 10.1. The number of rotatable bonds is 12. The zero-order valence-electron chi connectivity index (χ0n) is 20.2. The van der Waals surface area contributed by atoms with Crippen molar-refractivity contribution >= 4 is 10.0 Å². The van der Waals surface area contributed by atoms with Crippen LogP contribution in [0, 0.1) is 11.8 Å². The van der Waals surface area contributed by atoms with Gasteiger partial charge in [-0.1, -0.05) is 62.4 Å². The molecule has 0 amide bonds. The Bertz CT molecular complexity index is 894. The first-order chi connectivity index (χ1) is 15.0. The van der Waals surface area contributed by atoms with Crippen molar-refractivity contribution in [3.05, 3.63) is 66.2 Å². The average Bonchev–Trinajstić information content (AvgIpc) is 2.72. The van der Waals surface area contributed by atoms with Crippen molar-refractivity contribution in [3.63, 3.8) is 0 Å². The van der Waals surface area contributed by atoms with Crippen molar-refractivity contribution < 1.29 is 13.5 Å². The molecule has 0 saturated heterocycles. The first kappa shape index (κ1) is 26.5. The van der Waals surface area contributed by atoms with Crippen LogP contribution in [0.3, 0.4) is 0 Å². The Morgan fingerprint density at radius 2 is 1.50 bits per heavy atom. The van der Waals surface area contributed by atoms with Gasteiger partial charge in [-0.2, -0.15) is 4.31 Å². The number of hydrogen-bond donors (Lipinski definition) is 2. The number of hydrogen-bond acceptors (Lipinski definition) is 4. The fourth-order valence-corrected chi connectivity index (χ4v) is 5.41. The zero-order chi connectivity index (χ0) is 23.8. The summed E-state index contributed by atoms with van der Waals surface area (Å²) in [4.78, 5) is 0.267. The molecular formula is C26H40N2O3S. The summed E-state index contributed by atoms with van der Waals surface area (Å²) in [5.74, 6) is 0.343. The first-order valence-corrected chi connectivity index (χ1v) is 12.9. The smallest absolute Gasteiger partial charge is 0.243 e. The van der Waals surface area contributed by atoms with E-state index in [1.807, 2.05) is 32.0 Å². The SMILES string of the molecule is CC(C)CN(C[C@H](O)C[C@@H](CNC(C)(C)C)Cc1ccccc1)S(=O)(=O)c1ccccc1. The van der Waals surface area contributed by atoms with Crippen LogP contribution < -0.4 is 5.32 Å². The van der Waals surface area contributed by atoms with Gasteiger partial charge in [-0.3, -0.25) is 0 Å². The fourth-order valence-electron chi connectivity index (χ4n) is 3.75. The van der Waals surface area contributed by atoms with Crippen LogP contribution in [0.15, 0.2) is 65.6 Å². The van der Waals surface area contributed by atoms with Gasteiger partial charge in [0.15, 0.2) is 0 Å². The summed E-state index contributed by atoms with van der Waals surface area (Å²) in [5.41, 5.74) is 1.19. The van der Waals surface area contributed by atoms with E-state index in [1.54, 1.807) is 30.3 Å². The molecule has 0 radical (unpaired) electrons. The van der Waals surface area contributed by atoms with Gasteiger partial charge in [0.1, 0.15) is 0 Å². The van der Waals surface area contributed by atoms with E-state index in [-0.39, 0.29) is 28.8 Å². The van der Waals surface area contributed by atoms with E-state index in [9.17, 15) is 13.5 Å². The van der Waals surface area contributed by atoms with Crippen LogP contribution in [-0.4, -0.2) is 49.1 Å². The van der Waals surface area contributed by atoms with Crippen LogP contribution in [0.2, 0.25) is 0 Å². The number of aliphatic hydroxyl groups excluding tert-OH is 1. The van der Waals surface area contributed by atoms with E-state index >= 15 is 0 Å². The molecule has 178 valence electrons. The summed E-state index contributed by atoms with van der Waals surface area (Å²) in [7, 11) is -3.66. The van der Waals surface area contributed by atoms with Crippen molar-refractivity contribution in [2.45, 2.75) is 64.0 Å². The van der Waals surface area contributed by atoms with E-state index in [1.165, 1.54) is 9.87 Å². The molecule has 6 heteroatoms. The topological polar surface area (TPSA) is 69.6 Å². The summed E-state index contributed by atoms with van der Waals surface area (Å²) >= 11 is 0. The Balaban J connectivity index is 2.15. The minimum Gasteiger partial charge on any atom is -0.392 e. The third-order valence-electron chi connectivity index (χ3n) is 5.26. The number of nitrogens with one attached hydrogen (secondary N) is 1. The highest BCUT2D eigenvalue weighted by atomic mass is 32.2. The Morgan fingerprint density at radius 1 is 0.938 bits per heavy atom. The molecule has 0 heterocycles. The van der Waals surface area contributed by atoms with Gasteiger partial charge in [0.2, 0.25) is 10.0 Å². The van der Waals surface area contributed by atoms with Crippen molar-refractivity contribution in [3.8, 4) is 0 Å². The van der Waals surface area contributed by atoms with Crippen LogP contribution in [0.25, 0.3) is 0 Å². The highest BCUT2D eigenvalue weighted by molar-refractivity contribution is 7.89. The number of sulfonamides is 1. The van der Waals surface area contributed by atoms with Gasteiger partial charge in [-0.25, -0.2) is 8.42 Å². The van der Waals surface area contributed by atoms with Crippen LogP contribution in [0.4, 0.5) is 0 Å². The van der Waals surface area contributed by atoms with E-state index in [0.29, 0.717) is 13.0 Å². The predicted octanol–water partition coefficient (Wildman–Crippen LogP) is 4.33. The fraction of sp³-hybridized carbons (Fsp3) is 0.538. The van der Waals surface area contributed by atoms with E-state index < -0.39 is 16.1 Å². The van der Waals surface area contributed by atoms with Gasteiger partial charge >= 0.3 is 0 Å². The van der Waals surface area contributed by atoms with Crippen LogP contribution in [-0.2, 0) is 16.4 Å². The Morgan fingerprint density at radius 3 is 2.03 bits per heavy atom. The second kappa shape index (κ2) is 11.9. The molecule has 0 aliphatic heterocycles. The molecule has 0 aliphatic carbocycles. The molecule has 0 fully saturated rings. The molecule has 0 bridgehead atoms. The lowest BCUT2D eigenvalue weighted by molar-refractivity contribution is 0.113. The quantitative estimate of drug-likeness (QED) is 0.495. The molecule has 2 aromatic rings. The second-order valence-corrected chi connectivity index (χ2v) is 12.0. The number of benzene rings is 2. The van der Waals surface area contributed by atoms with Crippen molar-refractivity contribution in [1.82, 2.24) is 9.62 Å². The highest BCUT2D eigenvalue weighted by Gasteiger charge is 2.28. The molecule has 0 aliphatic rings. The standard InChI is InChI=1S/C26H40N2O3S/c1-21(2)19-28(32(30,31)25-14-10-7-11-15-25)20-24(29)17-23(18-27-26(3,4)5)16-22-12-8-6-9-13-22/h6-15,21,23-24,27,29H,16-20H2,1-5H3/t23-,24+/m0/s1. The molecule has 32 heavy (non-hydrogen) atoms. The highest BCUT2D eigenvalue weighted by Crippen LogP contribution is 2.21. The molecule has 0 saturated carbocycles. The Kier molecular flexibility index (Phi) is 9.89. The number of nitrogens with zero attached hydrogens (tertiary/aromatic N) is 1. The minimum absolute atomic E-state index is 0.0276. The third kappa shape index (κ3) is 9.02. The molecule has 2 atom stereocenters. The van der Waals surface area contributed by atoms with E-state index in [0.717, 1.165) is 13.0 Å². The van der Waals surface area contributed by atoms with Crippen molar-refractivity contribution in [2.24, 2.45) is 11.8 Å². The molecule has 2 N–H and O–H groups in total. The van der Waals surface area contributed by atoms with Crippen molar-refractivity contribution in [2.75, 3.05) is 19.6 Å². The maximum Gasteiger partial charge on any atom is 0.243 e. The normalized spacial score (nSPS) is 14.6. The minimum atomic E-state index is -3.66. The molecular weight excluding hydrogens is 420 g/mol. The monoisotopic (exact) mass is 460 g/mol. The summed E-state index contributed by atoms with van der Waals surface area (Å²) in [6.45, 7) is 11.6. The maximum absolute atomic E-state index is 13.2. The number of aliphatic hydroxyl groups is 1. The largest absolute Gasteiger partial charge is 0.392 e. The van der Waals surface area contributed by atoms with Crippen LogP contribution in [0.1, 0.15) is 46.6 Å².